The van der Waals surface area contributed by atoms with Gasteiger partial charge in [-0.25, -0.2) is 4.68 Å². The van der Waals surface area contributed by atoms with Gasteiger partial charge in [0, 0.05) is 12.6 Å². The molecule has 5 heteroatoms. The summed E-state index contributed by atoms with van der Waals surface area (Å²) < 4.78 is 3.58. The predicted octanol–water partition coefficient (Wildman–Crippen LogP) is 1.93. The average Bonchev–Trinajstić information content (AvgIpc) is 2.79. The number of hydrogen-bond acceptors (Lipinski definition) is 3. The van der Waals surface area contributed by atoms with E-state index in [4.69, 9.17) is 5.73 Å². The van der Waals surface area contributed by atoms with Gasteiger partial charge >= 0.3 is 0 Å². The number of nitrogen functional groups attached to an aromatic ring is 1. The number of aryl methyl sites for hydroxylation is 3. The van der Waals surface area contributed by atoms with Crippen LogP contribution in [0.2, 0.25) is 0 Å². The van der Waals surface area contributed by atoms with Gasteiger partial charge in [0.25, 0.3) is 0 Å². The van der Waals surface area contributed by atoms with E-state index in [2.05, 4.69) is 29.3 Å². The molecule has 3 aromatic rings. The Morgan fingerprint density at radius 2 is 1.94 bits per heavy atom. The maximum atomic E-state index is 6.02. The van der Waals surface area contributed by atoms with Crippen molar-refractivity contribution in [1.29, 1.82) is 0 Å². The first-order valence-corrected chi connectivity index (χ1v) is 5.83. The summed E-state index contributed by atoms with van der Waals surface area (Å²) in [4.78, 5) is 0. The van der Waals surface area contributed by atoms with Crippen LogP contribution in [0.3, 0.4) is 0 Å². The van der Waals surface area contributed by atoms with Crippen molar-refractivity contribution >= 4 is 11.3 Å². The second kappa shape index (κ2) is 3.60. The van der Waals surface area contributed by atoms with Crippen LogP contribution in [0.4, 0.5) is 5.69 Å². The van der Waals surface area contributed by atoms with Crippen molar-refractivity contribution in [1.82, 2.24) is 19.4 Å². The van der Waals surface area contributed by atoms with Crippen LogP contribution in [0.15, 0.2) is 24.3 Å². The van der Waals surface area contributed by atoms with Crippen LogP contribution in [0.5, 0.6) is 0 Å². The van der Waals surface area contributed by atoms with E-state index in [0.717, 1.165) is 22.7 Å². The normalized spacial score (nSPS) is 11.3. The Balaban J connectivity index is 2.33. The molecule has 2 aromatic heterocycles. The second-order valence-corrected chi connectivity index (χ2v) is 4.55. The van der Waals surface area contributed by atoms with E-state index in [1.54, 1.807) is 9.20 Å². The fourth-order valence-corrected chi connectivity index (χ4v) is 2.18. The van der Waals surface area contributed by atoms with Crippen LogP contribution < -0.4 is 5.73 Å². The van der Waals surface area contributed by atoms with Crippen molar-refractivity contribution in [2.75, 3.05) is 5.73 Å². The van der Waals surface area contributed by atoms with E-state index in [9.17, 15) is 0 Å². The molecular formula is C13H15N5. The molecule has 0 aliphatic heterocycles. The van der Waals surface area contributed by atoms with E-state index < -0.39 is 0 Å². The summed E-state index contributed by atoms with van der Waals surface area (Å²) in [6, 6.07) is 8.20. The molecule has 0 radical (unpaired) electrons. The van der Waals surface area contributed by atoms with Gasteiger partial charge in [-0.15, -0.1) is 0 Å². The molecule has 0 aliphatic carbocycles. The molecule has 2 heterocycles. The maximum Gasteiger partial charge on any atom is 0.183 e. The zero-order valence-corrected chi connectivity index (χ0v) is 10.7. The first-order chi connectivity index (χ1) is 8.58. The molecule has 0 spiro atoms. The van der Waals surface area contributed by atoms with E-state index >= 15 is 0 Å². The smallest absolute Gasteiger partial charge is 0.183 e. The van der Waals surface area contributed by atoms with Gasteiger partial charge in [0.2, 0.25) is 0 Å². The fourth-order valence-electron chi connectivity index (χ4n) is 2.18. The Labute approximate surface area is 105 Å². The lowest BCUT2D eigenvalue weighted by molar-refractivity contribution is 0.801. The number of nitrogens with two attached hydrogens (primary N) is 1. The lowest BCUT2D eigenvalue weighted by atomic mass is 10.1. The van der Waals surface area contributed by atoms with E-state index in [1.807, 2.05) is 26.1 Å². The zero-order chi connectivity index (χ0) is 12.9. The topological polar surface area (TPSA) is 61.1 Å². The van der Waals surface area contributed by atoms with Gasteiger partial charge in [-0.1, -0.05) is 23.8 Å². The molecule has 0 amide bonds. The van der Waals surface area contributed by atoms with Crippen LogP contribution in [-0.2, 0) is 7.05 Å². The Morgan fingerprint density at radius 1 is 1.17 bits per heavy atom. The van der Waals surface area contributed by atoms with Gasteiger partial charge < -0.3 is 5.73 Å². The van der Waals surface area contributed by atoms with Crippen molar-refractivity contribution in [3.8, 4) is 11.4 Å². The SMILES string of the molecule is Cc1cccc(-c2nn(C)c3c(N)c(C)nn23)c1. The van der Waals surface area contributed by atoms with Gasteiger partial charge in [0.1, 0.15) is 5.69 Å². The third-order valence-corrected chi connectivity index (χ3v) is 3.11. The number of fused-ring (bicyclic) bond motifs is 1. The Kier molecular flexibility index (Phi) is 2.16. The highest BCUT2D eigenvalue weighted by Gasteiger charge is 2.16. The molecule has 3 rings (SSSR count). The minimum Gasteiger partial charge on any atom is -0.394 e. The minimum absolute atomic E-state index is 0.684. The van der Waals surface area contributed by atoms with E-state index in [1.165, 1.54) is 5.56 Å². The number of anilines is 1. The van der Waals surface area contributed by atoms with E-state index in [-0.39, 0.29) is 0 Å². The lowest BCUT2D eigenvalue weighted by Gasteiger charge is -1.98. The summed E-state index contributed by atoms with van der Waals surface area (Å²) in [6.45, 7) is 3.97. The van der Waals surface area contributed by atoms with Crippen molar-refractivity contribution < 1.29 is 0 Å². The standard InChI is InChI=1S/C13H15N5/c1-8-5-4-6-10(7-8)12-16-17(3)13-11(14)9(2)15-18(12)13/h4-7H,14H2,1-3H3. The summed E-state index contributed by atoms with van der Waals surface area (Å²) in [5.74, 6) is 0.816. The third-order valence-electron chi connectivity index (χ3n) is 3.11. The van der Waals surface area contributed by atoms with Gasteiger partial charge in [0.05, 0.1) is 5.69 Å². The molecule has 92 valence electrons. The van der Waals surface area contributed by atoms with Gasteiger partial charge in [-0.05, 0) is 19.9 Å². The summed E-state index contributed by atoms with van der Waals surface area (Å²) in [5.41, 5.74) is 10.6. The molecule has 0 unspecified atom stereocenters. The summed E-state index contributed by atoms with van der Waals surface area (Å²) >= 11 is 0. The number of benzene rings is 1. The van der Waals surface area contributed by atoms with Crippen molar-refractivity contribution in [3.63, 3.8) is 0 Å². The lowest BCUT2D eigenvalue weighted by Crippen LogP contribution is -1.94. The van der Waals surface area contributed by atoms with Crippen molar-refractivity contribution in [3.05, 3.63) is 35.5 Å². The molecule has 0 bridgehead atoms. The van der Waals surface area contributed by atoms with Crippen LogP contribution in [0.1, 0.15) is 11.3 Å². The number of hydrogen-bond donors (Lipinski definition) is 1. The molecule has 18 heavy (non-hydrogen) atoms. The zero-order valence-electron chi connectivity index (χ0n) is 10.7. The van der Waals surface area contributed by atoms with Crippen LogP contribution >= 0.6 is 0 Å². The molecule has 2 N–H and O–H groups in total. The molecule has 0 aliphatic rings. The summed E-state index contributed by atoms with van der Waals surface area (Å²) in [6.07, 6.45) is 0. The van der Waals surface area contributed by atoms with Gasteiger partial charge in [-0.3, -0.25) is 0 Å². The first-order valence-electron chi connectivity index (χ1n) is 5.83. The quantitative estimate of drug-likeness (QED) is 0.708. The monoisotopic (exact) mass is 241 g/mol. The third kappa shape index (κ3) is 1.40. The fraction of sp³-hybridized carbons (Fsp3) is 0.231. The maximum absolute atomic E-state index is 6.02. The van der Waals surface area contributed by atoms with Crippen LogP contribution in [0, 0.1) is 13.8 Å². The molecule has 0 saturated carbocycles. The van der Waals surface area contributed by atoms with Crippen molar-refractivity contribution in [2.45, 2.75) is 13.8 Å². The number of aromatic nitrogens is 4. The molecular weight excluding hydrogens is 226 g/mol. The molecule has 1 aromatic carbocycles. The Bertz CT molecular complexity index is 735. The Hall–Kier alpha value is -2.30. The Morgan fingerprint density at radius 3 is 2.67 bits per heavy atom. The summed E-state index contributed by atoms with van der Waals surface area (Å²) in [5, 5.41) is 8.95. The molecule has 0 atom stereocenters. The highest BCUT2D eigenvalue weighted by atomic mass is 15.4. The van der Waals surface area contributed by atoms with Gasteiger partial charge in [-0.2, -0.15) is 14.7 Å². The van der Waals surface area contributed by atoms with E-state index in [0.29, 0.717) is 5.69 Å². The van der Waals surface area contributed by atoms with Gasteiger partial charge in [0.15, 0.2) is 11.5 Å². The minimum atomic E-state index is 0.684. The number of rotatable bonds is 1. The van der Waals surface area contributed by atoms with Crippen molar-refractivity contribution in [2.24, 2.45) is 7.05 Å². The molecule has 0 saturated heterocycles. The highest BCUT2D eigenvalue weighted by molar-refractivity contribution is 5.71. The van der Waals surface area contributed by atoms with Crippen LogP contribution in [-0.4, -0.2) is 19.4 Å². The molecule has 0 fully saturated rings. The largest absolute Gasteiger partial charge is 0.394 e. The first kappa shape index (κ1) is 10.8. The predicted molar refractivity (Wildman–Crippen MR) is 71.3 cm³/mol. The van der Waals surface area contributed by atoms with Crippen LogP contribution in [0.25, 0.3) is 17.0 Å². The second-order valence-electron chi connectivity index (χ2n) is 4.55. The molecule has 5 nitrogen and oxygen atoms in total. The summed E-state index contributed by atoms with van der Waals surface area (Å²) in [7, 11) is 1.88. The highest BCUT2D eigenvalue weighted by Crippen LogP contribution is 2.24. The number of nitrogens with zero attached hydrogens (tertiary/aromatic N) is 4. The average molecular weight is 241 g/mol.